The smallest absolute Gasteiger partial charge is 0.161 e. The van der Waals surface area contributed by atoms with Gasteiger partial charge >= 0.3 is 0 Å². The lowest BCUT2D eigenvalue weighted by molar-refractivity contribution is 0.221. The molecule has 1 aliphatic heterocycles. The van der Waals surface area contributed by atoms with E-state index in [4.69, 9.17) is 0 Å². The molecule has 0 atom stereocenters. The minimum absolute atomic E-state index is 0.0116. The average molecular weight is 300 g/mol. The Morgan fingerprint density at radius 3 is 2.41 bits per heavy atom. The Labute approximate surface area is 133 Å². The first-order chi connectivity index (χ1) is 10.5. The molecular formula is C18H28N4. The number of piperidine rings is 1. The number of nitrogens with zero attached hydrogens (tertiary/aromatic N) is 4. The molecule has 0 aliphatic carbocycles. The van der Waals surface area contributed by atoms with E-state index in [1.54, 1.807) is 0 Å². The number of aromatic nitrogens is 3. The van der Waals surface area contributed by atoms with Crippen LogP contribution in [0.25, 0.3) is 5.65 Å². The fourth-order valence-electron chi connectivity index (χ4n) is 3.37. The zero-order chi connectivity index (χ0) is 15.7. The van der Waals surface area contributed by atoms with Gasteiger partial charge in [0.05, 0.1) is 0 Å². The van der Waals surface area contributed by atoms with Crippen molar-refractivity contribution in [1.29, 1.82) is 0 Å². The predicted molar refractivity (Wildman–Crippen MR) is 90.2 cm³/mol. The van der Waals surface area contributed by atoms with Crippen LogP contribution in [-0.4, -0.2) is 32.6 Å². The number of aryl methyl sites for hydroxylation is 1. The molecule has 1 fully saturated rings. The normalized spacial score (nSPS) is 17.3. The van der Waals surface area contributed by atoms with Crippen LogP contribution in [0, 0.1) is 0 Å². The summed E-state index contributed by atoms with van der Waals surface area (Å²) in [6.07, 6.45) is 5.06. The van der Waals surface area contributed by atoms with Gasteiger partial charge in [-0.3, -0.25) is 9.30 Å². The predicted octanol–water partition coefficient (Wildman–Crippen LogP) is 3.58. The maximum atomic E-state index is 4.46. The monoisotopic (exact) mass is 300 g/mol. The Balaban J connectivity index is 1.97. The van der Waals surface area contributed by atoms with Crippen LogP contribution >= 0.6 is 0 Å². The second-order valence-corrected chi connectivity index (χ2v) is 7.51. The summed E-state index contributed by atoms with van der Waals surface area (Å²) >= 11 is 0. The van der Waals surface area contributed by atoms with Crippen LogP contribution in [0.15, 0.2) is 12.1 Å². The van der Waals surface area contributed by atoms with Crippen LogP contribution in [0.2, 0.25) is 0 Å². The first-order valence-corrected chi connectivity index (χ1v) is 8.59. The number of fused-ring (bicyclic) bond motifs is 1. The van der Waals surface area contributed by atoms with Gasteiger partial charge in [-0.15, -0.1) is 10.2 Å². The lowest BCUT2D eigenvalue weighted by atomic mass is 9.95. The molecule has 2 aromatic heterocycles. The Kier molecular flexibility index (Phi) is 4.22. The second kappa shape index (κ2) is 5.99. The molecule has 2 aromatic rings. The first-order valence-electron chi connectivity index (χ1n) is 8.59. The Hall–Kier alpha value is -1.42. The highest BCUT2D eigenvalue weighted by Crippen LogP contribution is 2.24. The molecule has 0 radical (unpaired) electrons. The molecule has 4 nitrogen and oxygen atoms in total. The third-order valence-electron chi connectivity index (χ3n) is 4.53. The van der Waals surface area contributed by atoms with Crippen LogP contribution in [-0.2, 0) is 18.4 Å². The summed E-state index contributed by atoms with van der Waals surface area (Å²) in [5.41, 5.74) is 3.70. The van der Waals surface area contributed by atoms with Gasteiger partial charge in [0.25, 0.3) is 0 Å². The molecule has 120 valence electrons. The van der Waals surface area contributed by atoms with Gasteiger partial charge in [0.15, 0.2) is 5.65 Å². The van der Waals surface area contributed by atoms with Gasteiger partial charge in [0.1, 0.15) is 5.82 Å². The number of likely N-dealkylation sites (tertiary alicyclic amines) is 1. The fourth-order valence-corrected chi connectivity index (χ4v) is 3.37. The van der Waals surface area contributed by atoms with Crippen LogP contribution in [0.5, 0.6) is 0 Å². The molecule has 0 unspecified atom stereocenters. The van der Waals surface area contributed by atoms with Gasteiger partial charge in [-0.1, -0.05) is 34.1 Å². The maximum Gasteiger partial charge on any atom is 0.161 e. The van der Waals surface area contributed by atoms with Crippen molar-refractivity contribution in [3.8, 4) is 0 Å². The van der Waals surface area contributed by atoms with Gasteiger partial charge in [-0.05, 0) is 50.0 Å². The second-order valence-electron chi connectivity index (χ2n) is 7.51. The van der Waals surface area contributed by atoms with E-state index in [1.807, 2.05) is 0 Å². The summed E-state index contributed by atoms with van der Waals surface area (Å²) in [5, 5.41) is 8.90. The van der Waals surface area contributed by atoms with Gasteiger partial charge in [-0.2, -0.15) is 0 Å². The zero-order valence-corrected chi connectivity index (χ0v) is 14.4. The van der Waals surface area contributed by atoms with E-state index >= 15 is 0 Å². The summed E-state index contributed by atoms with van der Waals surface area (Å²) in [6.45, 7) is 12.3. The molecule has 3 heterocycles. The van der Waals surface area contributed by atoms with Crippen molar-refractivity contribution < 1.29 is 0 Å². The van der Waals surface area contributed by atoms with Crippen LogP contribution < -0.4 is 0 Å². The summed E-state index contributed by atoms with van der Waals surface area (Å²) in [5.74, 6) is 1.06. The van der Waals surface area contributed by atoms with Crippen molar-refractivity contribution in [3.05, 3.63) is 29.2 Å². The molecule has 0 N–H and O–H groups in total. The molecule has 22 heavy (non-hydrogen) atoms. The van der Waals surface area contributed by atoms with Crippen molar-refractivity contribution in [2.24, 2.45) is 0 Å². The lowest BCUT2D eigenvalue weighted by Crippen LogP contribution is -2.29. The standard InChI is InChI=1S/C18H28N4/c1-5-15-11-14(13-21-9-7-6-8-10-21)12-16-19-20-17(22(15)16)18(2,3)4/h11-12H,5-10,13H2,1-4H3. The third kappa shape index (κ3) is 3.02. The minimum Gasteiger partial charge on any atom is -0.299 e. The average Bonchev–Trinajstić information content (AvgIpc) is 2.91. The van der Waals surface area contributed by atoms with E-state index in [0.29, 0.717) is 0 Å². The summed E-state index contributed by atoms with van der Waals surface area (Å²) in [4.78, 5) is 2.57. The quantitative estimate of drug-likeness (QED) is 0.869. The van der Waals surface area contributed by atoms with E-state index < -0.39 is 0 Å². The lowest BCUT2D eigenvalue weighted by Gasteiger charge is -2.26. The summed E-state index contributed by atoms with van der Waals surface area (Å²) in [7, 11) is 0. The topological polar surface area (TPSA) is 33.4 Å². The molecule has 0 saturated carbocycles. The van der Waals surface area contributed by atoms with Crippen molar-refractivity contribution >= 4 is 5.65 Å². The van der Waals surface area contributed by atoms with Crippen molar-refractivity contribution in [3.63, 3.8) is 0 Å². The number of hydrogen-bond acceptors (Lipinski definition) is 3. The van der Waals surface area contributed by atoms with E-state index in [1.165, 1.54) is 43.6 Å². The van der Waals surface area contributed by atoms with Crippen LogP contribution in [0.3, 0.4) is 0 Å². The van der Waals surface area contributed by atoms with Gasteiger partial charge in [-0.25, -0.2) is 0 Å². The van der Waals surface area contributed by atoms with E-state index in [-0.39, 0.29) is 5.41 Å². The molecule has 0 spiro atoms. The van der Waals surface area contributed by atoms with Crippen molar-refractivity contribution in [2.45, 2.75) is 65.3 Å². The van der Waals surface area contributed by atoms with Gasteiger partial charge in [0, 0.05) is 17.7 Å². The van der Waals surface area contributed by atoms with Gasteiger partial charge < -0.3 is 0 Å². The number of rotatable bonds is 3. The maximum absolute atomic E-state index is 4.46. The molecule has 0 bridgehead atoms. The Bertz CT molecular complexity index is 645. The number of hydrogen-bond donors (Lipinski definition) is 0. The van der Waals surface area contributed by atoms with Gasteiger partial charge in [0.2, 0.25) is 0 Å². The Morgan fingerprint density at radius 2 is 1.77 bits per heavy atom. The third-order valence-corrected chi connectivity index (χ3v) is 4.53. The molecule has 0 aromatic carbocycles. The fraction of sp³-hybridized carbons (Fsp3) is 0.667. The Morgan fingerprint density at radius 1 is 1.05 bits per heavy atom. The molecule has 0 amide bonds. The largest absolute Gasteiger partial charge is 0.299 e. The molecular weight excluding hydrogens is 272 g/mol. The highest BCUT2D eigenvalue weighted by molar-refractivity contribution is 5.45. The highest BCUT2D eigenvalue weighted by Gasteiger charge is 2.22. The number of pyridine rings is 1. The molecule has 4 heteroatoms. The van der Waals surface area contributed by atoms with E-state index in [0.717, 1.165) is 24.4 Å². The summed E-state index contributed by atoms with van der Waals surface area (Å²) < 4.78 is 2.25. The SMILES string of the molecule is CCc1cc(CN2CCCCC2)cc2nnc(C(C)(C)C)n12. The van der Waals surface area contributed by atoms with Crippen molar-refractivity contribution in [1.82, 2.24) is 19.5 Å². The van der Waals surface area contributed by atoms with Crippen LogP contribution in [0.1, 0.15) is 64.0 Å². The highest BCUT2D eigenvalue weighted by atomic mass is 15.3. The van der Waals surface area contributed by atoms with Crippen LogP contribution in [0.4, 0.5) is 0 Å². The zero-order valence-electron chi connectivity index (χ0n) is 14.4. The summed E-state index contributed by atoms with van der Waals surface area (Å²) in [6, 6.07) is 4.57. The van der Waals surface area contributed by atoms with E-state index in [9.17, 15) is 0 Å². The minimum atomic E-state index is 0.0116. The first kappa shape index (κ1) is 15.5. The molecule has 1 saturated heterocycles. The van der Waals surface area contributed by atoms with Crippen molar-refractivity contribution in [2.75, 3.05) is 13.1 Å². The van der Waals surface area contributed by atoms with E-state index in [2.05, 4.69) is 59.3 Å². The molecule has 1 aliphatic rings. The molecule has 3 rings (SSSR count).